The molecule has 10 aliphatic heterocycles. The number of fused-ring (bicyclic) bond motifs is 3. The summed E-state index contributed by atoms with van der Waals surface area (Å²) in [5, 5.41) is 6.96. The van der Waals surface area contributed by atoms with Gasteiger partial charge in [-0.2, -0.15) is 0 Å². The Morgan fingerprint density at radius 2 is 0.845 bits per heavy atom. The van der Waals surface area contributed by atoms with Crippen LogP contribution in [0.4, 0.5) is 14.4 Å². The molecule has 0 radical (unpaired) electrons. The summed E-state index contributed by atoms with van der Waals surface area (Å²) in [6, 6.07) is 15.0. The van der Waals surface area contributed by atoms with Crippen LogP contribution < -0.4 is 16.0 Å². The Bertz CT molecular complexity index is 3970. The van der Waals surface area contributed by atoms with E-state index in [-0.39, 0.29) is 103 Å². The van der Waals surface area contributed by atoms with Gasteiger partial charge >= 0.3 is 25.4 Å². The zero-order valence-corrected chi connectivity index (χ0v) is 62.8. The third kappa shape index (κ3) is 17.9. The highest BCUT2D eigenvalue weighted by atomic mass is 79.9. The number of nitrogens with zero attached hydrogens (tertiary/aromatic N) is 6. The average molecular weight is 1490 g/mol. The number of ether oxygens (including phenoxy) is 3. The van der Waals surface area contributed by atoms with Crippen molar-refractivity contribution < 1.29 is 81.1 Å². The minimum absolute atomic E-state index is 0.147. The molecule has 3 atom stereocenters. The third-order valence-electron chi connectivity index (χ3n) is 20.0. The molecule has 3 aromatic rings. The first-order valence-corrected chi connectivity index (χ1v) is 36.2. The lowest BCUT2D eigenvalue weighted by Crippen LogP contribution is -2.52. The second kappa shape index (κ2) is 30.5. The molecule has 0 aliphatic carbocycles. The number of carbonyl (C=O) groups excluding carboxylic acids is 12. The van der Waals surface area contributed by atoms with E-state index in [0.29, 0.717) is 101 Å². The van der Waals surface area contributed by atoms with Gasteiger partial charge in [0.2, 0.25) is 35.4 Å². The molecule has 3 aromatic carbocycles. The van der Waals surface area contributed by atoms with E-state index in [4.69, 9.17) is 23.5 Å². The Kier molecular flexibility index (Phi) is 22.8. The van der Waals surface area contributed by atoms with Gasteiger partial charge in [0.15, 0.2) is 0 Å². The Morgan fingerprint density at radius 3 is 1.25 bits per heavy atom. The number of carbonyl (C=O) groups is 12. The van der Waals surface area contributed by atoms with Gasteiger partial charge in [-0.3, -0.25) is 59.1 Å². The fraction of sp³-hybridized carbons (Fsp3) is 0.547. The Morgan fingerprint density at radius 1 is 0.466 bits per heavy atom. The predicted molar refractivity (Wildman–Crippen MR) is 382 cm³/mol. The minimum atomic E-state index is -0.631. The first-order chi connectivity index (χ1) is 48.3. The normalized spacial score (nSPS) is 22.6. The summed E-state index contributed by atoms with van der Waals surface area (Å²) in [5.74, 6) is -2.30. The molecule has 0 bridgehead atoms. The number of hydrogen-bond donors (Lipinski definition) is 3. The van der Waals surface area contributed by atoms with Gasteiger partial charge in [-0.05, 0) is 204 Å². The van der Waals surface area contributed by atoms with Crippen LogP contribution in [0.3, 0.4) is 0 Å². The number of rotatable bonds is 6. The molecule has 10 heterocycles. The lowest BCUT2D eigenvalue weighted by molar-refractivity contribution is -0.138. The second-order valence-electron chi connectivity index (χ2n) is 31.4. The Hall–Kier alpha value is -8.76. The highest BCUT2D eigenvalue weighted by Crippen LogP contribution is 2.42. The van der Waals surface area contributed by atoms with Gasteiger partial charge in [0.05, 0.1) is 11.2 Å². The van der Waals surface area contributed by atoms with Gasteiger partial charge in [0.25, 0.3) is 17.7 Å². The van der Waals surface area contributed by atoms with Crippen LogP contribution in [0.5, 0.6) is 0 Å². The summed E-state index contributed by atoms with van der Waals surface area (Å²) in [6.07, 6.45) is 7.96. The number of imide groups is 3. The van der Waals surface area contributed by atoms with Crippen LogP contribution in [0.1, 0.15) is 219 Å². The molecule has 12 amide bonds. The zero-order valence-electron chi connectivity index (χ0n) is 61.2. The molecule has 5 saturated heterocycles. The number of piperidine rings is 4. The number of nitrogens with one attached hydrogen (secondary N) is 3. The molecule has 0 aromatic heterocycles. The van der Waals surface area contributed by atoms with E-state index in [0.717, 1.165) is 62.6 Å². The summed E-state index contributed by atoms with van der Waals surface area (Å²) in [4.78, 5) is 155. The van der Waals surface area contributed by atoms with Crippen LogP contribution >= 0.6 is 15.9 Å². The standard InChI is InChI=1S/C23H29N3O5.C23H27N3O5.C16H28BNO4.C13H11BrN2O3/c2*1-23(2,3)31-22(30)25-11-9-14(10-12-25)15-5-4-6-16-17(15)13-26(21(16)29)18-7-8-19(27)24-20(18)28;1-14(2,3)20-13(19)18-10-8-12(9-11-18)17-21-15(4,5)16(6,7)22-17;14-9-3-1-2-7-8(9)6-16(13(7)19)10-4-5-11(17)15-12(10)18/h4-6,14,18H,7-13H2,1-3H3,(H,24,27,28);4-6,9,18H,7-8,10-13H2,1-3H3,(H,24,27,28);8H,9-11H2,1-7H3;1-3,10H,4-6H2,(H,15,17,18). The molecule has 552 valence electrons. The van der Waals surface area contributed by atoms with E-state index in [1.54, 1.807) is 42.7 Å². The van der Waals surface area contributed by atoms with E-state index in [2.05, 4.69) is 31.9 Å². The highest BCUT2D eigenvalue weighted by molar-refractivity contribution is 9.10. The fourth-order valence-corrected chi connectivity index (χ4v) is 14.4. The molecule has 0 spiro atoms. The van der Waals surface area contributed by atoms with E-state index in [9.17, 15) is 57.5 Å². The third-order valence-corrected chi connectivity index (χ3v) is 20.7. The van der Waals surface area contributed by atoms with Gasteiger partial charge in [0, 0.05) is 99.3 Å². The molecule has 3 unspecified atom stereocenters. The quantitative estimate of drug-likeness (QED) is 0.117. The monoisotopic (exact) mass is 1480 g/mol. The molecule has 5 fully saturated rings. The van der Waals surface area contributed by atoms with Crippen molar-refractivity contribution in [3.63, 3.8) is 0 Å². The maximum atomic E-state index is 13.0. The predicted octanol–water partition coefficient (Wildman–Crippen LogP) is 9.43. The van der Waals surface area contributed by atoms with Crippen molar-refractivity contribution in [1.29, 1.82) is 0 Å². The maximum Gasteiger partial charge on any atom is 0.490 e. The van der Waals surface area contributed by atoms with Crippen LogP contribution in [-0.2, 0) is 71.9 Å². The molecule has 10 aliphatic rings. The van der Waals surface area contributed by atoms with Crippen molar-refractivity contribution in [2.75, 3.05) is 39.3 Å². The van der Waals surface area contributed by atoms with E-state index in [1.165, 1.54) is 4.90 Å². The van der Waals surface area contributed by atoms with Crippen molar-refractivity contribution >= 4 is 100 Å². The first-order valence-electron chi connectivity index (χ1n) is 35.4. The van der Waals surface area contributed by atoms with Gasteiger partial charge in [-0.1, -0.05) is 58.4 Å². The highest BCUT2D eigenvalue weighted by Gasteiger charge is 2.53. The SMILES string of the molecule is CC(C)(C)OC(=O)N1CC=C(B2OC(C)(C)C(C)(C)O2)CC1.CC(C)(C)OC(=O)N1CC=C(c2cccc3c2CN(C2CCC(=O)NC2=O)C3=O)CC1.CC(C)(C)OC(=O)N1CCC(c2cccc3c2CN(C2CCC(=O)NC2=O)C3=O)CC1.O=C1CCC(N2Cc3c(Br)cccc3C2=O)C(=O)N1. The van der Waals surface area contributed by atoms with Crippen molar-refractivity contribution in [3.8, 4) is 0 Å². The maximum absolute atomic E-state index is 13.0. The molecule has 3 N–H and O–H groups in total. The summed E-state index contributed by atoms with van der Waals surface area (Å²) >= 11 is 3.42. The van der Waals surface area contributed by atoms with Crippen LogP contribution in [0.15, 0.2) is 76.7 Å². The number of halogens is 1. The van der Waals surface area contributed by atoms with Crippen LogP contribution in [-0.4, -0.2) is 193 Å². The Labute approximate surface area is 609 Å². The zero-order chi connectivity index (χ0) is 75.0. The number of hydrogen-bond acceptors (Lipinski definition) is 17. The van der Waals surface area contributed by atoms with Gasteiger partial charge in [0.1, 0.15) is 34.9 Å². The largest absolute Gasteiger partial charge is 0.490 e. The van der Waals surface area contributed by atoms with Crippen LogP contribution in [0, 0.1) is 0 Å². The van der Waals surface area contributed by atoms with Crippen molar-refractivity contribution in [2.24, 2.45) is 0 Å². The van der Waals surface area contributed by atoms with Gasteiger partial charge in [-0.15, -0.1) is 0 Å². The summed E-state index contributed by atoms with van der Waals surface area (Å²) in [7, 11) is -0.314. The minimum Gasteiger partial charge on any atom is -0.444 e. The molecule has 0 saturated carbocycles. The summed E-state index contributed by atoms with van der Waals surface area (Å²) < 4.78 is 29.3. The number of benzene rings is 3. The summed E-state index contributed by atoms with van der Waals surface area (Å²) in [6.45, 7) is 29.4. The number of amides is 12. The van der Waals surface area contributed by atoms with E-state index >= 15 is 0 Å². The molecule has 13 rings (SSSR count). The topological polar surface area (TPSA) is 307 Å². The van der Waals surface area contributed by atoms with E-state index < -0.39 is 46.7 Å². The van der Waals surface area contributed by atoms with Crippen molar-refractivity contribution in [3.05, 3.63) is 121 Å². The van der Waals surface area contributed by atoms with E-state index in [1.807, 2.05) is 139 Å². The van der Waals surface area contributed by atoms with Crippen molar-refractivity contribution in [1.82, 2.24) is 45.3 Å². The Balaban J connectivity index is 0.000000151. The molecule has 103 heavy (non-hydrogen) atoms. The van der Waals surface area contributed by atoms with Crippen LogP contribution in [0.25, 0.3) is 5.57 Å². The second-order valence-corrected chi connectivity index (χ2v) is 32.2. The molecule has 28 heteroatoms. The van der Waals surface area contributed by atoms with Crippen molar-refractivity contribution in [2.45, 2.75) is 226 Å². The van der Waals surface area contributed by atoms with Gasteiger partial charge in [-0.25, -0.2) is 14.4 Å². The molecular weight excluding hydrogens is 1390 g/mol. The molecular formula is C75H95BBrN9O17. The van der Waals surface area contributed by atoms with Gasteiger partial charge < -0.3 is 52.9 Å². The lowest BCUT2D eigenvalue weighted by Gasteiger charge is -2.34. The first kappa shape index (κ1) is 76.9. The fourth-order valence-electron chi connectivity index (χ4n) is 13.9. The summed E-state index contributed by atoms with van der Waals surface area (Å²) in [5.41, 5.74) is 6.71. The van der Waals surface area contributed by atoms with Crippen LogP contribution in [0.2, 0.25) is 0 Å². The lowest BCUT2D eigenvalue weighted by atomic mass is 9.75. The smallest absolute Gasteiger partial charge is 0.444 e. The average Bonchev–Trinajstić information content (AvgIpc) is 1.61. The number of likely N-dealkylation sites (tertiary alicyclic amines) is 1. The molecule has 26 nitrogen and oxygen atoms in total.